The van der Waals surface area contributed by atoms with E-state index in [1.807, 2.05) is 6.92 Å². The van der Waals surface area contributed by atoms with Crippen molar-refractivity contribution in [2.24, 2.45) is 0 Å². The van der Waals surface area contributed by atoms with Crippen LogP contribution in [0.2, 0.25) is 0 Å². The van der Waals surface area contributed by atoms with Gasteiger partial charge in [-0.2, -0.15) is 0 Å². The van der Waals surface area contributed by atoms with Crippen LogP contribution in [0.5, 0.6) is 0 Å². The van der Waals surface area contributed by atoms with Gasteiger partial charge in [-0.15, -0.1) is 0 Å². The predicted octanol–water partition coefficient (Wildman–Crippen LogP) is 1.38. The van der Waals surface area contributed by atoms with Crippen molar-refractivity contribution in [1.29, 1.82) is 0 Å². The van der Waals surface area contributed by atoms with Crippen molar-refractivity contribution >= 4 is 5.97 Å². The highest BCUT2D eigenvalue weighted by atomic mass is 16.6. The summed E-state index contributed by atoms with van der Waals surface area (Å²) in [6.45, 7) is 7.77. The van der Waals surface area contributed by atoms with Gasteiger partial charge in [-0.3, -0.25) is 4.79 Å². The average Bonchev–Trinajstić information content (AvgIpc) is 2.49. The first-order chi connectivity index (χ1) is 10.3. The molecular weight excluding hydrogens is 274 g/mol. The lowest BCUT2D eigenvalue weighted by molar-refractivity contribution is -0.147. The third-order valence-corrected chi connectivity index (χ3v) is 2.90. The molecule has 0 bridgehead atoms. The van der Waals surface area contributed by atoms with Crippen LogP contribution in [-0.2, 0) is 23.7 Å². The Morgan fingerprint density at radius 1 is 0.905 bits per heavy atom. The van der Waals surface area contributed by atoms with Crippen molar-refractivity contribution in [2.75, 3.05) is 53.3 Å². The van der Waals surface area contributed by atoms with Gasteiger partial charge in [0.2, 0.25) is 0 Å². The van der Waals surface area contributed by atoms with Crippen LogP contribution in [0.1, 0.15) is 33.1 Å². The molecule has 0 aliphatic heterocycles. The number of likely N-dealkylation sites (N-methyl/N-ethyl adjacent to an activating group) is 1. The summed E-state index contributed by atoms with van der Waals surface area (Å²) in [5.41, 5.74) is 0. The third kappa shape index (κ3) is 12.7. The third-order valence-electron chi connectivity index (χ3n) is 2.90. The second-order valence-electron chi connectivity index (χ2n) is 4.61. The molecule has 0 heterocycles. The molecule has 0 saturated carbocycles. The molecule has 21 heavy (non-hydrogen) atoms. The fourth-order valence-electron chi connectivity index (χ4n) is 1.58. The van der Waals surface area contributed by atoms with Crippen LogP contribution in [0.3, 0.4) is 0 Å². The number of hydrogen-bond acceptors (Lipinski definition) is 6. The maximum atomic E-state index is 11.5. The molecule has 1 unspecified atom stereocenters. The van der Waals surface area contributed by atoms with Crippen LogP contribution in [-0.4, -0.2) is 65.3 Å². The van der Waals surface area contributed by atoms with Gasteiger partial charge in [0.1, 0.15) is 12.6 Å². The van der Waals surface area contributed by atoms with Crippen molar-refractivity contribution in [2.45, 2.75) is 39.2 Å². The summed E-state index contributed by atoms with van der Waals surface area (Å²) in [5.74, 6) is -0.232. The lowest BCUT2D eigenvalue weighted by Gasteiger charge is -2.13. The van der Waals surface area contributed by atoms with E-state index in [9.17, 15) is 4.79 Å². The summed E-state index contributed by atoms with van der Waals surface area (Å²) in [6.07, 6.45) is 2.95. The van der Waals surface area contributed by atoms with Gasteiger partial charge in [-0.1, -0.05) is 20.3 Å². The van der Waals surface area contributed by atoms with Crippen LogP contribution < -0.4 is 5.32 Å². The summed E-state index contributed by atoms with van der Waals surface area (Å²) in [4.78, 5) is 11.5. The topological polar surface area (TPSA) is 66.0 Å². The van der Waals surface area contributed by atoms with E-state index in [-0.39, 0.29) is 18.6 Å². The van der Waals surface area contributed by atoms with E-state index in [0.717, 1.165) is 19.4 Å². The van der Waals surface area contributed by atoms with Crippen molar-refractivity contribution in [3.05, 3.63) is 0 Å². The summed E-state index contributed by atoms with van der Waals surface area (Å²) in [7, 11) is 1.75. The van der Waals surface area contributed by atoms with Crippen LogP contribution in [0.25, 0.3) is 0 Å². The Bertz CT molecular complexity index is 234. The van der Waals surface area contributed by atoms with Gasteiger partial charge in [0.15, 0.2) is 0 Å². The minimum atomic E-state index is -0.235. The van der Waals surface area contributed by atoms with Gasteiger partial charge < -0.3 is 24.3 Å². The second-order valence-corrected chi connectivity index (χ2v) is 4.61. The Balaban J connectivity index is 3.20. The molecular formula is C15H31NO5. The van der Waals surface area contributed by atoms with Gasteiger partial charge in [-0.25, -0.2) is 0 Å². The lowest BCUT2D eigenvalue weighted by Crippen LogP contribution is -2.35. The minimum Gasteiger partial charge on any atom is -0.462 e. The molecule has 1 N–H and O–H groups in total. The number of carbonyl (C=O) groups excluding carboxylic acids is 1. The lowest BCUT2D eigenvalue weighted by atomic mass is 10.2. The maximum Gasteiger partial charge on any atom is 0.323 e. The molecule has 126 valence electrons. The van der Waals surface area contributed by atoms with Gasteiger partial charge in [-0.05, 0) is 19.9 Å². The number of carbonyl (C=O) groups is 1. The normalized spacial score (nSPS) is 12.3. The van der Waals surface area contributed by atoms with Crippen molar-refractivity contribution in [1.82, 2.24) is 5.32 Å². The second kappa shape index (κ2) is 15.7. The van der Waals surface area contributed by atoms with Crippen molar-refractivity contribution < 1.29 is 23.7 Å². The SMILES string of the molecule is CCCCOCCOCCOCCOC(=O)C(CC)NC. The first-order valence-electron chi connectivity index (χ1n) is 7.83. The van der Waals surface area contributed by atoms with E-state index in [2.05, 4.69) is 12.2 Å². The van der Waals surface area contributed by atoms with E-state index < -0.39 is 0 Å². The Kier molecular flexibility index (Phi) is 15.2. The minimum absolute atomic E-state index is 0.232. The van der Waals surface area contributed by atoms with Gasteiger partial charge in [0.05, 0.1) is 33.0 Å². The highest BCUT2D eigenvalue weighted by Gasteiger charge is 2.14. The fourth-order valence-corrected chi connectivity index (χ4v) is 1.58. The zero-order valence-electron chi connectivity index (χ0n) is 13.7. The van der Waals surface area contributed by atoms with Crippen LogP contribution >= 0.6 is 0 Å². The molecule has 0 amide bonds. The van der Waals surface area contributed by atoms with Gasteiger partial charge >= 0.3 is 5.97 Å². The molecule has 0 rings (SSSR count). The molecule has 6 nitrogen and oxygen atoms in total. The van der Waals surface area contributed by atoms with Crippen LogP contribution in [0.4, 0.5) is 0 Å². The maximum absolute atomic E-state index is 11.5. The summed E-state index contributed by atoms with van der Waals surface area (Å²) in [5, 5.41) is 2.90. The Morgan fingerprint density at radius 3 is 1.90 bits per heavy atom. The standard InChI is InChI=1S/C15H31NO5/c1-4-6-7-18-8-9-19-10-11-20-12-13-21-15(17)14(5-2)16-3/h14,16H,4-13H2,1-3H3. The van der Waals surface area contributed by atoms with Crippen LogP contribution in [0, 0.1) is 0 Å². The molecule has 0 spiro atoms. The monoisotopic (exact) mass is 305 g/mol. The number of ether oxygens (including phenoxy) is 4. The largest absolute Gasteiger partial charge is 0.462 e. The number of nitrogens with one attached hydrogen (secondary N) is 1. The molecule has 0 fully saturated rings. The first-order valence-corrected chi connectivity index (χ1v) is 7.83. The fraction of sp³-hybridized carbons (Fsp3) is 0.933. The quantitative estimate of drug-likeness (QED) is 0.364. The smallest absolute Gasteiger partial charge is 0.323 e. The van der Waals surface area contributed by atoms with Crippen molar-refractivity contribution in [3.8, 4) is 0 Å². The number of unbranched alkanes of at least 4 members (excludes halogenated alkanes) is 1. The van der Waals surface area contributed by atoms with E-state index in [1.54, 1.807) is 7.05 Å². The average molecular weight is 305 g/mol. The molecule has 1 atom stereocenters. The molecule has 0 aromatic carbocycles. The zero-order valence-corrected chi connectivity index (χ0v) is 13.7. The molecule has 0 aromatic rings. The molecule has 6 heteroatoms. The number of hydrogen-bond donors (Lipinski definition) is 1. The molecule has 0 aliphatic carbocycles. The number of rotatable bonds is 15. The summed E-state index contributed by atoms with van der Waals surface area (Å²) >= 11 is 0. The van der Waals surface area contributed by atoms with E-state index in [0.29, 0.717) is 39.5 Å². The predicted molar refractivity (Wildman–Crippen MR) is 81.5 cm³/mol. The zero-order chi connectivity index (χ0) is 15.8. The van der Waals surface area contributed by atoms with E-state index in [4.69, 9.17) is 18.9 Å². The Labute approximate surface area is 128 Å². The Morgan fingerprint density at radius 2 is 1.43 bits per heavy atom. The van der Waals surface area contributed by atoms with Crippen molar-refractivity contribution in [3.63, 3.8) is 0 Å². The highest BCUT2D eigenvalue weighted by Crippen LogP contribution is 1.94. The Hall–Kier alpha value is -0.690. The number of esters is 1. The summed E-state index contributed by atoms with van der Waals surface area (Å²) in [6, 6.07) is -0.235. The van der Waals surface area contributed by atoms with Crippen LogP contribution in [0.15, 0.2) is 0 Å². The molecule has 0 aliphatic rings. The van der Waals surface area contributed by atoms with E-state index >= 15 is 0 Å². The summed E-state index contributed by atoms with van der Waals surface area (Å²) < 4.78 is 21.1. The molecule has 0 aromatic heterocycles. The first kappa shape index (κ1) is 20.3. The highest BCUT2D eigenvalue weighted by molar-refractivity contribution is 5.75. The van der Waals surface area contributed by atoms with Gasteiger partial charge in [0, 0.05) is 6.61 Å². The van der Waals surface area contributed by atoms with Gasteiger partial charge in [0.25, 0.3) is 0 Å². The molecule has 0 saturated heterocycles. The van der Waals surface area contributed by atoms with E-state index in [1.165, 1.54) is 0 Å². The molecule has 0 radical (unpaired) electrons.